The maximum Gasteiger partial charge on any atom is 0.312 e. The van der Waals surface area contributed by atoms with Gasteiger partial charge in [0.1, 0.15) is 6.07 Å². The summed E-state index contributed by atoms with van der Waals surface area (Å²) in [6.45, 7) is 3.98. The number of hydrogen-bond donors (Lipinski definition) is 1. The van der Waals surface area contributed by atoms with Crippen molar-refractivity contribution in [3.8, 4) is 6.07 Å². The van der Waals surface area contributed by atoms with E-state index in [1.165, 1.54) is 12.3 Å². The van der Waals surface area contributed by atoms with Crippen LogP contribution in [0.1, 0.15) is 32.3 Å². The SMILES string of the molecule is CCCC(C)Nc1ncc(C#N)cc1[N+](=O)[O-]. The summed E-state index contributed by atoms with van der Waals surface area (Å²) in [6, 6.07) is 3.17. The zero-order valence-corrected chi connectivity index (χ0v) is 9.80. The van der Waals surface area contributed by atoms with Gasteiger partial charge in [0, 0.05) is 18.3 Å². The van der Waals surface area contributed by atoms with E-state index in [-0.39, 0.29) is 23.1 Å². The molecule has 0 aliphatic rings. The molecule has 1 aromatic rings. The molecule has 1 aromatic heterocycles. The third-order valence-electron chi connectivity index (χ3n) is 2.30. The predicted octanol–water partition coefficient (Wildman–Crippen LogP) is 2.46. The van der Waals surface area contributed by atoms with Crippen molar-refractivity contribution in [2.45, 2.75) is 32.7 Å². The van der Waals surface area contributed by atoms with Gasteiger partial charge >= 0.3 is 5.69 Å². The Morgan fingerprint density at radius 1 is 1.71 bits per heavy atom. The van der Waals surface area contributed by atoms with Crippen LogP contribution in [0.2, 0.25) is 0 Å². The largest absolute Gasteiger partial charge is 0.362 e. The highest BCUT2D eigenvalue weighted by Gasteiger charge is 2.17. The molecule has 0 spiro atoms. The van der Waals surface area contributed by atoms with Crippen LogP contribution in [0.25, 0.3) is 0 Å². The van der Waals surface area contributed by atoms with Gasteiger partial charge in [0.15, 0.2) is 0 Å². The first kappa shape index (κ1) is 12.9. The zero-order valence-electron chi connectivity index (χ0n) is 9.80. The Morgan fingerprint density at radius 3 is 2.94 bits per heavy atom. The molecular weight excluding hydrogens is 220 g/mol. The molecule has 0 saturated heterocycles. The van der Waals surface area contributed by atoms with E-state index in [1.54, 1.807) is 0 Å². The molecule has 0 saturated carbocycles. The van der Waals surface area contributed by atoms with Crippen LogP contribution in [0.5, 0.6) is 0 Å². The van der Waals surface area contributed by atoms with Crippen molar-refractivity contribution in [2.24, 2.45) is 0 Å². The molecule has 1 unspecified atom stereocenters. The van der Waals surface area contributed by atoms with E-state index < -0.39 is 4.92 Å². The van der Waals surface area contributed by atoms with Crippen LogP contribution < -0.4 is 5.32 Å². The molecule has 1 atom stereocenters. The number of nitrogens with one attached hydrogen (secondary N) is 1. The molecule has 0 bridgehead atoms. The average molecular weight is 234 g/mol. The summed E-state index contributed by atoms with van der Waals surface area (Å²) in [5, 5.41) is 22.5. The van der Waals surface area contributed by atoms with Crippen molar-refractivity contribution >= 4 is 11.5 Å². The van der Waals surface area contributed by atoms with Crippen molar-refractivity contribution in [1.82, 2.24) is 4.98 Å². The van der Waals surface area contributed by atoms with Crippen molar-refractivity contribution < 1.29 is 4.92 Å². The quantitative estimate of drug-likeness (QED) is 0.624. The zero-order chi connectivity index (χ0) is 12.8. The molecule has 0 aliphatic heterocycles. The summed E-state index contributed by atoms with van der Waals surface area (Å²) in [5.41, 5.74) is 0.0254. The van der Waals surface area contributed by atoms with Gasteiger partial charge < -0.3 is 5.32 Å². The highest BCUT2D eigenvalue weighted by atomic mass is 16.6. The number of aromatic nitrogens is 1. The van der Waals surface area contributed by atoms with Crippen LogP contribution in [0.4, 0.5) is 11.5 Å². The van der Waals surface area contributed by atoms with Crippen LogP contribution in [0.3, 0.4) is 0 Å². The number of pyridine rings is 1. The second kappa shape index (κ2) is 5.80. The maximum absolute atomic E-state index is 10.8. The molecule has 0 amide bonds. The first-order valence-electron chi connectivity index (χ1n) is 5.39. The Morgan fingerprint density at radius 2 is 2.41 bits per heavy atom. The molecule has 90 valence electrons. The molecule has 0 radical (unpaired) electrons. The van der Waals surface area contributed by atoms with Crippen molar-refractivity contribution in [2.75, 3.05) is 5.32 Å². The van der Waals surface area contributed by atoms with E-state index in [4.69, 9.17) is 5.26 Å². The number of hydrogen-bond acceptors (Lipinski definition) is 5. The van der Waals surface area contributed by atoms with Gasteiger partial charge in [-0.2, -0.15) is 5.26 Å². The van der Waals surface area contributed by atoms with E-state index in [9.17, 15) is 10.1 Å². The highest BCUT2D eigenvalue weighted by molar-refractivity contribution is 5.58. The smallest absolute Gasteiger partial charge is 0.312 e. The van der Waals surface area contributed by atoms with E-state index in [0.717, 1.165) is 12.8 Å². The first-order chi connectivity index (χ1) is 8.08. The number of nitriles is 1. The summed E-state index contributed by atoms with van der Waals surface area (Å²) in [4.78, 5) is 14.2. The molecule has 1 heterocycles. The van der Waals surface area contributed by atoms with Crippen LogP contribution in [-0.2, 0) is 0 Å². The Labute approximate surface area is 99.4 Å². The lowest BCUT2D eigenvalue weighted by Gasteiger charge is -2.13. The van der Waals surface area contributed by atoms with Gasteiger partial charge in [0.2, 0.25) is 5.82 Å². The van der Waals surface area contributed by atoms with Crippen molar-refractivity contribution in [3.05, 3.63) is 27.9 Å². The summed E-state index contributed by atoms with van der Waals surface area (Å²) in [7, 11) is 0. The lowest BCUT2D eigenvalue weighted by atomic mass is 10.2. The molecule has 0 aromatic carbocycles. The molecule has 1 rings (SSSR count). The van der Waals surface area contributed by atoms with Gasteiger partial charge in [-0.15, -0.1) is 0 Å². The molecular formula is C11H14N4O2. The van der Waals surface area contributed by atoms with Crippen LogP contribution >= 0.6 is 0 Å². The molecule has 17 heavy (non-hydrogen) atoms. The number of anilines is 1. The fraction of sp³-hybridized carbons (Fsp3) is 0.455. The predicted molar refractivity (Wildman–Crippen MR) is 63.6 cm³/mol. The van der Waals surface area contributed by atoms with E-state index in [1.807, 2.05) is 19.9 Å². The Kier molecular flexibility index (Phi) is 4.40. The van der Waals surface area contributed by atoms with Crippen LogP contribution in [0.15, 0.2) is 12.3 Å². The average Bonchev–Trinajstić information content (AvgIpc) is 2.29. The lowest BCUT2D eigenvalue weighted by molar-refractivity contribution is -0.384. The van der Waals surface area contributed by atoms with Gasteiger partial charge in [-0.05, 0) is 13.3 Å². The minimum Gasteiger partial charge on any atom is -0.362 e. The fourth-order valence-corrected chi connectivity index (χ4v) is 1.50. The molecule has 0 aliphatic carbocycles. The highest BCUT2D eigenvalue weighted by Crippen LogP contribution is 2.23. The van der Waals surface area contributed by atoms with Crippen LogP contribution in [-0.4, -0.2) is 15.9 Å². The number of nitrogens with zero attached hydrogens (tertiary/aromatic N) is 3. The third kappa shape index (κ3) is 3.41. The second-order valence-corrected chi connectivity index (χ2v) is 3.79. The minimum absolute atomic E-state index is 0.110. The third-order valence-corrected chi connectivity index (χ3v) is 2.30. The monoisotopic (exact) mass is 234 g/mol. The summed E-state index contributed by atoms with van der Waals surface area (Å²) in [6.07, 6.45) is 3.21. The van der Waals surface area contributed by atoms with Crippen molar-refractivity contribution in [1.29, 1.82) is 5.26 Å². The van der Waals surface area contributed by atoms with Gasteiger partial charge in [-0.1, -0.05) is 13.3 Å². The van der Waals surface area contributed by atoms with E-state index in [2.05, 4.69) is 10.3 Å². The molecule has 0 fully saturated rings. The summed E-state index contributed by atoms with van der Waals surface area (Å²) >= 11 is 0. The normalized spacial score (nSPS) is 11.6. The topological polar surface area (TPSA) is 91.8 Å². The first-order valence-corrected chi connectivity index (χ1v) is 5.39. The second-order valence-electron chi connectivity index (χ2n) is 3.79. The summed E-state index contributed by atoms with van der Waals surface area (Å²) < 4.78 is 0. The number of nitro groups is 1. The minimum atomic E-state index is -0.533. The lowest BCUT2D eigenvalue weighted by Crippen LogP contribution is -2.16. The Bertz CT molecular complexity index is 453. The number of rotatable bonds is 5. The van der Waals surface area contributed by atoms with Gasteiger partial charge in [0.05, 0.1) is 10.5 Å². The van der Waals surface area contributed by atoms with Gasteiger partial charge in [0.25, 0.3) is 0 Å². The van der Waals surface area contributed by atoms with Crippen molar-refractivity contribution in [3.63, 3.8) is 0 Å². The van der Waals surface area contributed by atoms with Gasteiger partial charge in [-0.3, -0.25) is 10.1 Å². The fourth-order valence-electron chi connectivity index (χ4n) is 1.50. The van der Waals surface area contributed by atoms with Gasteiger partial charge in [-0.25, -0.2) is 4.98 Å². The standard InChI is InChI=1S/C11H14N4O2/c1-3-4-8(2)14-11-10(15(16)17)5-9(6-12)7-13-11/h5,7-8H,3-4H2,1-2H3,(H,13,14). The molecule has 6 heteroatoms. The maximum atomic E-state index is 10.8. The Hall–Kier alpha value is -2.16. The Balaban J connectivity index is 2.99. The molecule has 6 nitrogen and oxygen atoms in total. The molecule has 1 N–H and O–H groups in total. The van der Waals surface area contributed by atoms with E-state index in [0.29, 0.717) is 0 Å². The summed E-state index contributed by atoms with van der Waals surface area (Å²) in [5.74, 6) is 0.218. The van der Waals surface area contributed by atoms with E-state index >= 15 is 0 Å². The van der Waals surface area contributed by atoms with Crippen LogP contribution in [0, 0.1) is 21.4 Å².